The summed E-state index contributed by atoms with van der Waals surface area (Å²) in [6.07, 6.45) is 3.02. The lowest BCUT2D eigenvalue weighted by atomic mass is 9.92. The van der Waals surface area contributed by atoms with E-state index in [1.165, 1.54) is 0 Å². The van der Waals surface area contributed by atoms with Gasteiger partial charge in [0.2, 0.25) is 0 Å². The van der Waals surface area contributed by atoms with Gasteiger partial charge in [-0.3, -0.25) is 14.5 Å². The Labute approximate surface area is 146 Å². The number of imide groups is 1. The second-order valence-corrected chi connectivity index (χ2v) is 7.26. The van der Waals surface area contributed by atoms with Gasteiger partial charge in [-0.2, -0.15) is 0 Å². The molecule has 2 heterocycles. The van der Waals surface area contributed by atoms with Gasteiger partial charge in [-0.25, -0.2) is 4.79 Å². The van der Waals surface area contributed by atoms with Crippen molar-refractivity contribution in [1.82, 2.24) is 15.2 Å². The number of urea groups is 1. The normalized spacial score (nSPS) is 20.6. The van der Waals surface area contributed by atoms with Crippen LogP contribution in [0.3, 0.4) is 0 Å². The van der Waals surface area contributed by atoms with E-state index in [2.05, 4.69) is 24.1 Å². The summed E-state index contributed by atoms with van der Waals surface area (Å²) in [4.78, 5) is 41.7. The van der Waals surface area contributed by atoms with E-state index in [0.717, 1.165) is 22.2 Å². The number of rotatable bonds is 6. The molecule has 2 N–H and O–H groups in total. The lowest BCUT2D eigenvalue weighted by Gasteiger charge is -2.22. The van der Waals surface area contributed by atoms with Crippen molar-refractivity contribution in [1.29, 1.82) is 0 Å². The Balaban J connectivity index is 1.77. The Morgan fingerprint density at radius 1 is 1.24 bits per heavy atom. The first kappa shape index (κ1) is 17.2. The van der Waals surface area contributed by atoms with Crippen LogP contribution in [0.2, 0.25) is 0 Å². The van der Waals surface area contributed by atoms with Gasteiger partial charge < -0.3 is 10.3 Å². The number of hydrogen-bond acceptors (Lipinski definition) is 3. The Kier molecular flexibility index (Phi) is 4.37. The number of aromatic nitrogens is 1. The lowest BCUT2D eigenvalue weighted by molar-refractivity contribution is -0.130. The van der Waals surface area contributed by atoms with Gasteiger partial charge in [0.25, 0.3) is 5.91 Å². The second kappa shape index (κ2) is 6.35. The van der Waals surface area contributed by atoms with E-state index in [1.807, 2.05) is 24.3 Å². The Hall–Kier alpha value is -2.63. The van der Waals surface area contributed by atoms with E-state index in [0.29, 0.717) is 17.9 Å². The summed E-state index contributed by atoms with van der Waals surface area (Å²) in [6.45, 7) is 5.63. The molecule has 1 fully saturated rings. The molecule has 1 unspecified atom stereocenters. The third-order valence-electron chi connectivity index (χ3n) is 4.76. The minimum Gasteiger partial charge on any atom is -0.360 e. The van der Waals surface area contributed by atoms with Crippen molar-refractivity contribution in [3.05, 3.63) is 36.0 Å². The second-order valence-electron chi connectivity index (χ2n) is 7.26. The van der Waals surface area contributed by atoms with Gasteiger partial charge in [0.05, 0.1) is 6.54 Å². The largest absolute Gasteiger partial charge is 0.360 e. The SMILES string of the molecule is CC(C)CCC1(C)NC(=O)N(CC(=O)c2c[nH]c3ccccc23)C1=O. The Morgan fingerprint density at radius 2 is 1.96 bits per heavy atom. The van der Waals surface area contributed by atoms with E-state index in [9.17, 15) is 14.4 Å². The van der Waals surface area contributed by atoms with Crippen LogP contribution in [-0.4, -0.2) is 39.7 Å². The summed E-state index contributed by atoms with van der Waals surface area (Å²) in [5, 5.41) is 3.54. The van der Waals surface area contributed by atoms with Crippen LogP contribution in [0.4, 0.5) is 4.79 Å². The monoisotopic (exact) mass is 341 g/mol. The van der Waals surface area contributed by atoms with Crippen LogP contribution in [0.5, 0.6) is 0 Å². The first-order valence-corrected chi connectivity index (χ1v) is 8.55. The predicted octanol–water partition coefficient (Wildman–Crippen LogP) is 3.10. The summed E-state index contributed by atoms with van der Waals surface area (Å²) in [5.41, 5.74) is 0.416. The van der Waals surface area contributed by atoms with Gasteiger partial charge in [0.1, 0.15) is 5.54 Å². The van der Waals surface area contributed by atoms with Crippen molar-refractivity contribution in [3.63, 3.8) is 0 Å². The average Bonchev–Trinajstić information content (AvgIpc) is 3.08. The van der Waals surface area contributed by atoms with Gasteiger partial charge in [-0.05, 0) is 31.7 Å². The van der Waals surface area contributed by atoms with Crippen molar-refractivity contribution in [2.75, 3.05) is 6.54 Å². The molecule has 6 nitrogen and oxygen atoms in total. The number of nitrogens with zero attached hydrogens (tertiary/aromatic N) is 1. The fourth-order valence-electron chi connectivity index (χ4n) is 3.17. The number of nitrogens with one attached hydrogen (secondary N) is 2. The van der Waals surface area contributed by atoms with Gasteiger partial charge in [0, 0.05) is 22.7 Å². The molecule has 3 amide bonds. The predicted molar refractivity (Wildman–Crippen MR) is 95.4 cm³/mol. The number of ketones is 1. The fourth-order valence-corrected chi connectivity index (χ4v) is 3.17. The zero-order chi connectivity index (χ0) is 18.2. The van der Waals surface area contributed by atoms with Crippen LogP contribution in [0, 0.1) is 5.92 Å². The molecule has 0 aliphatic carbocycles. The molecule has 0 spiro atoms. The van der Waals surface area contributed by atoms with E-state index in [-0.39, 0.29) is 18.2 Å². The minimum atomic E-state index is -0.929. The first-order chi connectivity index (χ1) is 11.8. The molecule has 0 saturated carbocycles. The lowest BCUT2D eigenvalue weighted by Crippen LogP contribution is -2.44. The molecule has 3 rings (SSSR count). The highest BCUT2D eigenvalue weighted by Gasteiger charge is 2.47. The number of aromatic amines is 1. The third kappa shape index (κ3) is 3.16. The summed E-state index contributed by atoms with van der Waals surface area (Å²) in [5.74, 6) is -0.149. The number of fused-ring (bicyclic) bond motifs is 1. The van der Waals surface area contributed by atoms with Gasteiger partial charge >= 0.3 is 6.03 Å². The quantitative estimate of drug-likeness (QED) is 0.626. The maximum absolute atomic E-state index is 12.7. The number of carbonyl (C=O) groups excluding carboxylic acids is 3. The summed E-state index contributed by atoms with van der Waals surface area (Å²) >= 11 is 0. The third-order valence-corrected chi connectivity index (χ3v) is 4.76. The maximum Gasteiger partial charge on any atom is 0.325 e. The molecule has 132 valence electrons. The van der Waals surface area contributed by atoms with Crippen LogP contribution in [-0.2, 0) is 4.79 Å². The molecule has 1 aliphatic heterocycles. The molecule has 0 radical (unpaired) electrons. The van der Waals surface area contributed by atoms with Crippen LogP contribution < -0.4 is 5.32 Å². The van der Waals surface area contributed by atoms with Gasteiger partial charge in [-0.1, -0.05) is 32.0 Å². The van der Waals surface area contributed by atoms with E-state index >= 15 is 0 Å². The van der Waals surface area contributed by atoms with Crippen LogP contribution in [0.1, 0.15) is 44.0 Å². The number of para-hydroxylation sites is 1. The number of Topliss-reactive ketones (excluding diaryl/α,β-unsaturated/α-hetero) is 1. The minimum absolute atomic E-state index is 0.246. The van der Waals surface area contributed by atoms with Crippen molar-refractivity contribution in [2.24, 2.45) is 5.92 Å². The van der Waals surface area contributed by atoms with Crippen molar-refractivity contribution in [2.45, 2.75) is 39.2 Å². The summed E-state index contributed by atoms with van der Waals surface area (Å²) in [7, 11) is 0. The highest BCUT2D eigenvalue weighted by atomic mass is 16.2. The number of H-pyrrole nitrogens is 1. The highest BCUT2D eigenvalue weighted by Crippen LogP contribution is 2.25. The van der Waals surface area contributed by atoms with E-state index in [1.54, 1.807) is 13.1 Å². The van der Waals surface area contributed by atoms with Crippen LogP contribution in [0.15, 0.2) is 30.5 Å². The number of hydrogen-bond donors (Lipinski definition) is 2. The summed E-state index contributed by atoms with van der Waals surface area (Å²) in [6, 6.07) is 6.96. The van der Waals surface area contributed by atoms with Crippen molar-refractivity contribution >= 4 is 28.6 Å². The number of amides is 3. The molecule has 1 aromatic carbocycles. The topological polar surface area (TPSA) is 82.3 Å². The molecule has 1 atom stereocenters. The molecule has 25 heavy (non-hydrogen) atoms. The number of benzene rings is 1. The van der Waals surface area contributed by atoms with E-state index in [4.69, 9.17) is 0 Å². The smallest absolute Gasteiger partial charge is 0.325 e. The average molecular weight is 341 g/mol. The molecule has 1 aliphatic rings. The zero-order valence-corrected chi connectivity index (χ0v) is 14.8. The molecular formula is C19H23N3O3. The van der Waals surface area contributed by atoms with Crippen molar-refractivity contribution in [3.8, 4) is 0 Å². The molecular weight excluding hydrogens is 318 g/mol. The van der Waals surface area contributed by atoms with Crippen LogP contribution >= 0.6 is 0 Å². The Morgan fingerprint density at radius 3 is 2.68 bits per heavy atom. The zero-order valence-electron chi connectivity index (χ0n) is 14.8. The first-order valence-electron chi connectivity index (χ1n) is 8.55. The molecule has 2 aromatic rings. The van der Waals surface area contributed by atoms with Gasteiger partial charge in [0.15, 0.2) is 5.78 Å². The number of carbonyl (C=O) groups is 3. The maximum atomic E-state index is 12.7. The van der Waals surface area contributed by atoms with Crippen LogP contribution in [0.25, 0.3) is 10.9 Å². The molecule has 1 aromatic heterocycles. The standard InChI is InChI=1S/C19H23N3O3/c1-12(2)8-9-19(3)17(24)22(18(25)21-19)11-16(23)14-10-20-15-7-5-4-6-13(14)15/h4-7,10,12,20H,8-9,11H2,1-3H3,(H,21,25). The fraction of sp³-hybridized carbons (Fsp3) is 0.421. The van der Waals surface area contributed by atoms with Gasteiger partial charge in [-0.15, -0.1) is 0 Å². The molecule has 1 saturated heterocycles. The summed E-state index contributed by atoms with van der Waals surface area (Å²) < 4.78 is 0. The molecule has 0 bridgehead atoms. The Bertz CT molecular complexity index is 839. The van der Waals surface area contributed by atoms with E-state index < -0.39 is 11.6 Å². The molecule has 6 heteroatoms. The van der Waals surface area contributed by atoms with Crippen molar-refractivity contribution < 1.29 is 14.4 Å². The highest BCUT2D eigenvalue weighted by molar-refractivity contribution is 6.14.